The van der Waals surface area contributed by atoms with Gasteiger partial charge >= 0.3 is 5.88 Å². The summed E-state index contributed by atoms with van der Waals surface area (Å²) in [5.74, 6) is 0.257. The van der Waals surface area contributed by atoms with E-state index in [0.717, 1.165) is 36.4 Å². The Kier molecular flexibility index (Phi) is 5.78. The molecule has 2 N–H and O–H groups in total. The smallest absolute Gasteiger partial charge is 0.395 e. The number of anilines is 4. The predicted molar refractivity (Wildman–Crippen MR) is 116 cm³/mol. The number of hydrogen-bond donors (Lipinski definition) is 2. The van der Waals surface area contributed by atoms with Crippen LogP contribution in [0.1, 0.15) is 35.5 Å². The van der Waals surface area contributed by atoms with Gasteiger partial charge in [-0.05, 0) is 56.5 Å². The third-order valence-electron chi connectivity index (χ3n) is 4.92. The maximum atomic E-state index is 12.2. The van der Waals surface area contributed by atoms with E-state index < -0.39 is 16.7 Å². The van der Waals surface area contributed by atoms with E-state index >= 15 is 0 Å². The van der Waals surface area contributed by atoms with Crippen molar-refractivity contribution in [1.82, 2.24) is 9.97 Å². The van der Waals surface area contributed by atoms with Gasteiger partial charge in [-0.2, -0.15) is 4.98 Å². The van der Waals surface area contributed by atoms with Crippen molar-refractivity contribution < 1.29 is 14.1 Å². The summed E-state index contributed by atoms with van der Waals surface area (Å²) in [6.45, 7) is 3.95. The van der Waals surface area contributed by atoms with Crippen LogP contribution in [0.4, 0.5) is 29.0 Å². The van der Waals surface area contributed by atoms with Gasteiger partial charge in [-0.15, -0.1) is 0 Å². The Balaban J connectivity index is 1.42. The average molecular weight is 422 g/mol. The second-order valence-corrected chi connectivity index (χ2v) is 7.29. The van der Waals surface area contributed by atoms with Gasteiger partial charge in [0.25, 0.3) is 5.91 Å². The van der Waals surface area contributed by atoms with Crippen molar-refractivity contribution in [1.29, 1.82) is 0 Å². The Labute approximate surface area is 178 Å². The lowest BCUT2D eigenvalue weighted by Crippen LogP contribution is -2.30. The average Bonchev–Trinajstić information content (AvgIpc) is 3.26. The first kappa shape index (κ1) is 20.3. The number of carbonyl (C=O) groups is 1. The number of aryl methyl sites for hydroxylation is 1. The summed E-state index contributed by atoms with van der Waals surface area (Å²) >= 11 is 0. The van der Waals surface area contributed by atoms with Crippen molar-refractivity contribution in [3.8, 4) is 0 Å². The minimum atomic E-state index is -0.693. The summed E-state index contributed by atoms with van der Waals surface area (Å²) in [7, 11) is 0. The van der Waals surface area contributed by atoms with E-state index in [9.17, 15) is 14.9 Å². The zero-order valence-electron chi connectivity index (χ0n) is 17.0. The van der Waals surface area contributed by atoms with Crippen molar-refractivity contribution in [2.75, 3.05) is 28.6 Å². The van der Waals surface area contributed by atoms with E-state index in [1.807, 2.05) is 13.0 Å². The van der Waals surface area contributed by atoms with Gasteiger partial charge in [-0.1, -0.05) is 0 Å². The van der Waals surface area contributed by atoms with Crippen LogP contribution in [0.5, 0.6) is 0 Å². The van der Waals surface area contributed by atoms with E-state index in [0.29, 0.717) is 11.6 Å². The fourth-order valence-corrected chi connectivity index (χ4v) is 3.40. The highest BCUT2D eigenvalue weighted by atomic mass is 16.6. The van der Waals surface area contributed by atoms with Crippen LogP contribution in [0.2, 0.25) is 0 Å². The van der Waals surface area contributed by atoms with Crippen LogP contribution < -0.4 is 15.5 Å². The molecule has 10 nitrogen and oxygen atoms in total. The molecule has 1 aliphatic rings. The van der Waals surface area contributed by atoms with E-state index in [1.54, 1.807) is 24.3 Å². The van der Waals surface area contributed by atoms with E-state index in [4.69, 9.17) is 4.42 Å². The van der Waals surface area contributed by atoms with Gasteiger partial charge in [-0.25, -0.2) is 4.98 Å². The predicted octanol–water partition coefficient (Wildman–Crippen LogP) is 4.27. The number of aromatic nitrogens is 2. The number of nitrogens with zero attached hydrogens (tertiary/aromatic N) is 4. The zero-order valence-corrected chi connectivity index (χ0v) is 17.0. The van der Waals surface area contributed by atoms with Gasteiger partial charge in [0.1, 0.15) is 10.7 Å². The molecule has 4 rings (SSSR count). The summed E-state index contributed by atoms with van der Waals surface area (Å²) in [4.78, 5) is 33.6. The molecule has 0 bridgehead atoms. The highest BCUT2D eigenvalue weighted by Gasteiger charge is 2.17. The number of benzene rings is 1. The lowest BCUT2D eigenvalue weighted by atomic mass is 10.1. The largest absolute Gasteiger partial charge is 0.433 e. The number of amides is 1. The molecule has 1 aliphatic heterocycles. The van der Waals surface area contributed by atoms with Crippen LogP contribution in [0.3, 0.4) is 0 Å². The first-order valence-corrected chi connectivity index (χ1v) is 10.0. The highest BCUT2D eigenvalue weighted by Crippen LogP contribution is 2.23. The molecule has 10 heteroatoms. The molecule has 0 atom stereocenters. The molecule has 3 aromatic rings. The van der Waals surface area contributed by atoms with Gasteiger partial charge in [-0.3, -0.25) is 14.9 Å². The molecule has 2 aromatic heterocycles. The Morgan fingerprint density at radius 3 is 2.45 bits per heavy atom. The molecule has 1 amide bonds. The van der Waals surface area contributed by atoms with Gasteiger partial charge in [0.05, 0.1) is 6.07 Å². The molecule has 1 fully saturated rings. The fraction of sp³-hybridized carbons (Fsp3) is 0.286. The van der Waals surface area contributed by atoms with Crippen LogP contribution in [0.25, 0.3) is 0 Å². The molecule has 31 heavy (non-hydrogen) atoms. The van der Waals surface area contributed by atoms with Crippen molar-refractivity contribution in [3.63, 3.8) is 0 Å². The summed E-state index contributed by atoms with van der Waals surface area (Å²) < 4.78 is 4.91. The monoisotopic (exact) mass is 422 g/mol. The third-order valence-corrected chi connectivity index (χ3v) is 4.92. The summed E-state index contributed by atoms with van der Waals surface area (Å²) in [5, 5.41) is 16.5. The Morgan fingerprint density at radius 2 is 1.77 bits per heavy atom. The summed E-state index contributed by atoms with van der Waals surface area (Å²) in [6.07, 6.45) is 3.60. The van der Waals surface area contributed by atoms with Gasteiger partial charge in [0.2, 0.25) is 5.95 Å². The van der Waals surface area contributed by atoms with Crippen molar-refractivity contribution in [3.05, 3.63) is 64.0 Å². The maximum absolute atomic E-state index is 12.2. The number of furan rings is 1. The quantitative estimate of drug-likeness (QED) is 0.445. The second kappa shape index (κ2) is 8.82. The lowest BCUT2D eigenvalue weighted by Gasteiger charge is -2.28. The van der Waals surface area contributed by atoms with Gasteiger partial charge in [0.15, 0.2) is 5.76 Å². The van der Waals surface area contributed by atoms with Crippen LogP contribution in [-0.2, 0) is 0 Å². The van der Waals surface area contributed by atoms with Crippen LogP contribution in [0.15, 0.2) is 46.9 Å². The van der Waals surface area contributed by atoms with E-state index in [1.165, 1.54) is 25.3 Å². The molecular weight excluding hydrogens is 400 g/mol. The lowest BCUT2D eigenvalue weighted by molar-refractivity contribution is -0.402. The number of hydrogen-bond acceptors (Lipinski definition) is 8. The summed E-state index contributed by atoms with van der Waals surface area (Å²) in [5.41, 5.74) is 2.17. The molecule has 0 saturated carbocycles. The first-order valence-electron chi connectivity index (χ1n) is 10.0. The SMILES string of the molecule is Cc1cc(N2CCCCC2)nc(Nc2ccc(NC(=O)c3ccc([N+](=O)[O-])o3)cc2)n1. The number of nitrogens with one attached hydrogen (secondary N) is 2. The molecule has 160 valence electrons. The Hall–Kier alpha value is -3.95. The minimum Gasteiger partial charge on any atom is -0.395 e. The Morgan fingerprint density at radius 1 is 1.06 bits per heavy atom. The first-order chi connectivity index (χ1) is 15.0. The number of piperidine rings is 1. The van der Waals surface area contributed by atoms with E-state index in [2.05, 4.69) is 25.5 Å². The van der Waals surface area contributed by atoms with Crippen molar-refractivity contribution >= 4 is 34.9 Å². The van der Waals surface area contributed by atoms with Crippen molar-refractivity contribution in [2.45, 2.75) is 26.2 Å². The minimum absolute atomic E-state index is 0.132. The molecule has 0 radical (unpaired) electrons. The molecular formula is C21H22N6O4. The molecule has 1 aromatic carbocycles. The van der Waals surface area contributed by atoms with Gasteiger partial charge < -0.3 is 20.0 Å². The molecule has 0 spiro atoms. The molecule has 0 unspecified atom stereocenters. The standard InChI is InChI=1S/C21H22N6O4/c1-14-13-18(26-11-3-2-4-12-26)25-21(22-14)24-16-7-5-15(6-8-16)23-20(28)17-9-10-19(31-17)27(29)30/h5-10,13H,2-4,11-12H2,1H3,(H,23,28)(H,22,24,25). The number of nitro groups is 1. The van der Waals surface area contributed by atoms with Gasteiger partial charge in [0, 0.05) is 36.2 Å². The zero-order chi connectivity index (χ0) is 21.8. The van der Waals surface area contributed by atoms with E-state index in [-0.39, 0.29) is 5.76 Å². The second-order valence-electron chi connectivity index (χ2n) is 7.29. The highest BCUT2D eigenvalue weighted by molar-refractivity contribution is 6.02. The van der Waals surface area contributed by atoms with Crippen molar-refractivity contribution in [2.24, 2.45) is 0 Å². The molecule has 0 aliphatic carbocycles. The fourth-order valence-electron chi connectivity index (χ4n) is 3.40. The Bertz CT molecular complexity index is 1090. The number of rotatable bonds is 6. The molecule has 3 heterocycles. The maximum Gasteiger partial charge on any atom is 0.433 e. The van der Waals surface area contributed by atoms with Crippen LogP contribution in [-0.4, -0.2) is 33.9 Å². The summed E-state index contributed by atoms with van der Waals surface area (Å²) in [6, 6.07) is 11.4. The topological polar surface area (TPSA) is 126 Å². The third kappa shape index (κ3) is 4.97. The molecule has 1 saturated heterocycles. The number of carbonyl (C=O) groups excluding carboxylic acids is 1. The normalized spacial score (nSPS) is 13.6. The van der Waals surface area contributed by atoms with Crippen LogP contribution >= 0.6 is 0 Å². The van der Waals surface area contributed by atoms with Crippen LogP contribution in [0, 0.1) is 17.0 Å².